The van der Waals surface area contributed by atoms with Crippen molar-refractivity contribution in [2.24, 2.45) is 17.6 Å². The van der Waals surface area contributed by atoms with Gasteiger partial charge in [0.2, 0.25) is 5.91 Å². The first-order valence-electron chi connectivity index (χ1n) is 6.11. The minimum atomic E-state index is -0.468. The average molecular weight is 210 g/mol. The van der Waals surface area contributed by atoms with Crippen molar-refractivity contribution >= 4 is 5.91 Å². The van der Waals surface area contributed by atoms with Gasteiger partial charge in [-0.3, -0.25) is 4.79 Å². The molecule has 0 aromatic rings. The largest absolute Gasteiger partial charge is 0.341 e. The molecule has 0 bridgehead atoms. The van der Waals surface area contributed by atoms with Crippen molar-refractivity contribution in [1.82, 2.24) is 4.90 Å². The summed E-state index contributed by atoms with van der Waals surface area (Å²) in [6.07, 6.45) is 4.07. The Balaban J connectivity index is 1.85. The summed E-state index contributed by atoms with van der Waals surface area (Å²) < 4.78 is 0. The summed E-state index contributed by atoms with van der Waals surface area (Å²) in [5, 5.41) is 0. The van der Waals surface area contributed by atoms with E-state index in [-0.39, 0.29) is 5.91 Å². The molecule has 1 aliphatic carbocycles. The van der Waals surface area contributed by atoms with E-state index in [2.05, 4.69) is 13.8 Å². The third-order valence-electron chi connectivity index (χ3n) is 3.98. The van der Waals surface area contributed by atoms with Gasteiger partial charge < -0.3 is 10.6 Å². The third-order valence-corrected chi connectivity index (χ3v) is 3.98. The number of hydrogen-bond acceptors (Lipinski definition) is 2. The van der Waals surface area contributed by atoms with Gasteiger partial charge in [0.05, 0.1) is 5.54 Å². The number of carbonyl (C=O) groups excluding carboxylic acids is 1. The molecular weight excluding hydrogens is 188 g/mol. The number of carbonyl (C=O) groups is 1. The van der Waals surface area contributed by atoms with Gasteiger partial charge in [-0.25, -0.2) is 0 Å². The molecule has 86 valence electrons. The highest BCUT2D eigenvalue weighted by atomic mass is 16.2. The van der Waals surface area contributed by atoms with Crippen molar-refractivity contribution in [3.05, 3.63) is 0 Å². The van der Waals surface area contributed by atoms with Gasteiger partial charge in [0.15, 0.2) is 0 Å². The highest BCUT2D eigenvalue weighted by Gasteiger charge is 2.48. The Morgan fingerprint density at radius 1 is 1.33 bits per heavy atom. The molecule has 1 saturated carbocycles. The van der Waals surface area contributed by atoms with E-state index in [4.69, 9.17) is 5.73 Å². The van der Waals surface area contributed by atoms with Crippen LogP contribution in [0.2, 0.25) is 0 Å². The molecule has 0 atom stereocenters. The lowest BCUT2D eigenvalue weighted by molar-refractivity contribution is -0.135. The normalized spacial score (nSPS) is 25.7. The number of likely N-dealkylation sites (tertiary alicyclic amines) is 1. The van der Waals surface area contributed by atoms with E-state index in [1.165, 1.54) is 0 Å². The topological polar surface area (TPSA) is 46.3 Å². The SMILES string of the molecule is CC(C)C1CCN(C(=O)C2(N)CC2)CC1. The van der Waals surface area contributed by atoms with Gasteiger partial charge in [0.25, 0.3) is 0 Å². The molecule has 1 heterocycles. The van der Waals surface area contributed by atoms with Crippen LogP contribution in [-0.2, 0) is 4.79 Å². The Morgan fingerprint density at radius 3 is 2.27 bits per heavy atom. The zero-order chi connectivity index (χ0) is 11.1. The van der Waals surface area contributed by atoms with Crippen LogP contribution in [0.3, 0.4) is 0 Å². The van der Waals surface area contributed by atoms with Crippen molar-refractivity contribution in [1.29, 1.82) is 0 Å². The lowest BCUT2D eigenvalue weighted by Gasteiger charge is -2.35. The van der Waals surface area contributed by atoms with E-state index in [0.717, 1.165) is 50.6 Å². The van der Waals surface area contributed by atoms with Crippen molar-refractivity contribution in [2.45, 2.75) is 45.1 Å². The smallest absolute Gasteiger partial charge is 0.242 e. The molecule has 0 aromatic carbocycles. The minimum absolute atomic E-state index is 0.199. The standard InChI is InChI=1S/C12H22N2O/c1-9(2)10-3-7-14(8-4-10)11(15)12(13)5-6-12/h9-10H,3-8,13H2,1-2H3. The van der Waals surface area contributed by atoms with Crippen LogP contribution in [-0.4, -0.2) is 29.4 Å². The summed E-state index contributed by atoms with van der Waals surface area (Å²) in [6.45, 7) is 6.38. The Bertz CT molecular complexity index is 250. The monoisotopic (exact) mass is 210 g/mol. The molecule has 2 aliphatic rings. The Morgan fingerprint density at radius 2 is 1.87 bits per heavy atom. The first-order valence-corrected chi connectivity index (χ1v) is 6.11. The molecule has 2 fully saturated rings. The van der Waals surface area contributed by atoms with Gasteiger partial charge in [-0.05, 0) is 37.5 Å². The fraction of sp³-hybridized carbons (Fsp3) is 0.917. The van der Waals surface area contributed by atoms with E-state index in [0.29, 0.717) is 0 Å². The summed E-state index contributed by atoms with van der Waals surface area (Å²) in [5.41, 5.74) is 5.46. The first-order chi connectivity index (χ1) is 7.03. The molecular formula is C12H22N2O. The Kier molecular flexibility index (Phi) is 2.75. The molecule has 3 heteroatoms. The summed E-state index contributed by atoms with van der Waals surface area (Å²) >= 11 is 0. The van der Waals surface area contributed by atoms with Crippen molar-refractivity contribution < 1.29 is 4.79 Å². The van der Waals surface area contributed by atoms with E-state index in [9.17, 15) is 4.79 Å². The number of nitrogens with zero attached hydrogens (tertiary/aromatic N) is 1. The Hall–Kier alpha value is -0.570. The van der Waals surface area contributed by atoms with E-state index in [1.54, 1.807) is 0 Å². The highest BCUT2D eigenvalue weighted by Crippen LogP contribution is 2.35. The molecule has 15 heavy (non-hydrogen) atoms. The van der Waals surface area contributed by atoms with Crippen LogP contribution in [0.4, 0.5) is 0 Å². The molecule has 0 unspecified atom stereocenters. The maximum atomic E-state index is 12.0. The van der Waals surface area contributed by atoms with Crippen LogP contribution in [0.5, 0.6) is 0 Å². The summed E-state index contributed by atoms with van der Waals surface area (Å²) in [5.74, 6) is 1.74. The highest BCUT2D eigenvalue weighted by molar-refractivity contribution is 5.89. The maximum Gasteiger partial charge on any atom is 0.242 e. The van der Waals surface area contributed by atoms with Crippen LogP contribution >= 0.6 is 0 Å². The van der Waals surface area contributed by atoms with Crippen molar-refractivity contribution in [3.63, 3.8) is 0 Å². The lowest BCUT2D eigenvalue weighted by atomic mass is 9.86. The van der Waals surface area contributed by atoms with Gasteiger partial charge in [-0.1, -0.05) is 13.8 Å². The summed E-state index contributed by atoms with van der Waals surface area (Å²) in [4.78, 5) is 13.9. The van der Waals surface area contributed by atoms with Gasteiger partial charge in [-0.2, -0.15) is 0 Å². The van der Waals surface area contributed by atoms with Crippen LogP contribution in [0, 0.1) is 11.8 Å². The number of hydrogen-bond donors (Lipinski definition) is 1. The molecule has 1 saturated heterocycles. The zero-order valence-electron chi connectivity index (χ0n) is 9.83. The average Bonchev–Trinajstić information content (AvgIpc) is 2.97. The predicted octanol–water partition coefficient (Wildman–Crippen LogP) is 1.37. The molecule has 0 spiro atoms. The quantitative estimate of drug-likeness (QED) is 0.748. The molecule has 2 N–H and O–H groups in total. The summed E-state index contributed by atoms with van der Waals surface area (Å²) in [6, 6.07) is 0. The fourth-order valence-electron chi connectivity index (χ4n) is 2.43. The second-order valence-electron chi connectivity index (χ2n) is 5.53. The number of amides is 1. The maximum absolute atomic E-state index is 12.0. The van der Waals surface area contributed by atoms with E-state index >= 15 is 0 Å². The van der Waals surface area contributed by atoms with Gasteiger partial charge in [-0.15, -0.1) is 0 Å². The first kappa shape index (κ1) is 10.9. The zero-order valence-corrected chi connectivity index (χ0v) is 9.83. The number of piperidine rings is 1. The van der Waals surface area contributed by atoms with Crippen molar-refractivity contribution in [3.8, 4) is 0 Å². The van der Waals surface area contributed by atoms with Gasteiger partial charge >= 0.3 is 0 Å². The van der Waals surface area contributed by atoms with Crippen LogP contribution < -0.4 is 5.73 Å². The summed E-state index contributed by atoms with van der Waals surface area (Å²) in [7, 11) is 0. The third kappa shape index (κ3) is 2.17. The molecule has 1 aliphatic heterocycles. The minimum Gasteiger partial charge on any atom is -0.341 e. The van der Waals surface area contributed by atoms with Crippen LogP contribution in [0.15, 0.2) is 0 Å². The van der Waals surface area contributed by atoms with Gasteiger partial charge in [0, 0.05) is 13.1 Å². The van der Waals surface area contributed by atoms with Crippen LogP contribution in [0.1, 0.15) is 39.5 Å². The number of rotatable bonds is 2. The molecule has 1 amide bonds. The second-order valence-corrected chi connectivity index (χ2v) is 5.53. The van der Waals surface area contributed by atoms with E-state index < -0.39 is 5.54 Å². The Labute approximate surface area is 92.0 Å². The predicted molar refractivity (Wildman–Crippen MR) is 60.3 cm³/mol. The molecule has 3 nitrogen and oxygen atoms in total. The number of nitrogens with two attached hydrogens (primary N) is 1. The van der Waals surface area contributed by atoms with Gasteiger partial charge in [0.1, 0.15) is 0 Å². The fourth-order valence-corrected chi connectivity index (χ4v) is 2.43. The molecule has 2 rings (SSSR count). The lowest BCUT2D eigenvalue weighted by Crippen LogP contribution is -2.49. The van der Waals surface area contributed by atoms with E-state index in [1.807, 2.05) is 4.90 Å². The van der Waals surface area contributed by atoms with Crippen molar-refractivity contribution in [2.75, 3.05) is 13.1 Å². The second kappa shape index (κ2) is 3.78. The molecule has 0 radical (unpaired) electrons. The molecule has 0 aromatic heterocycles. The van der Waals surface area contributed by atoms with Crippen LogP contribution in [0.25, 0.3) is 0 Å².